The highest BCUT2D eigenvalue weighted by Crippen LogP contribution is 2.45. The largest absolute Gasteiger partial charge is 0.506 e. The number of carbonyl (C=O) groups excluding carboxylic acids is 1. The summed E-state index contributed by atoms with van der Waals surface area (Å²) in [5.74, 6) is -0.990. The molecule has 0 bridgehead atoms. The minimum Gasteiger partial charge on any atom is -0.506 e. The van der Waals surface area contributed by atoms with Gasteiger partial charge in [-0.3, -0.25) is 14.2 Å². The molecule has 10 nitrogen and oxygen atoms in total. The molecule has 5 aromatic carbocycles. The fourth-order valence-electron chi connectivity index (χ4n) is 6.92. The van der Waals surface area contributed by atoms with E-state index in [9.17, 15) is 26.7 Å². The molecular weight excluding hydrogens is 769 g/mol. The lowest BCUT2D eigenvalue weighted by Crippen LogP contribution is -2.30. The molecule has 58 heavy (non-hydrogen) atoms. The Kier molecular flexibility index (Phi) is 10.6. The number of aryl methyl sites for hydroxylation is 4. The number of aliphatic hydroxyl groups is 1. The normalized spacial score (nSPS) is 15.5. The highest BCUT2D eigenvalue weighted by molar-refractivity contribution is 7.92. The van der Waals surface area contributed by atoms with E-state index < -0.39 is 31.6 Å². The maximum absolute atomic E-state index is 14.2. The minimum atomic E-state index is -3.86. The number of nitrogens with one attached hydrogen (secondary N) is 2. The maximum atomic E-state index is 14.2. The molecule has 0 atom stereocenters. The van der Waals surface area contributed by atoms with E-state index in [-0.39, 0.29) is 33.7 Å². The number of hydrogen-bond acceptors (Lipinski definition) is 7. The number of ketones is 1. The van der Waals surface area contributed by atoms with Crippen molar-refractivity contribution in [2.75, 3.05) is 22.1 Å². The first-order chi connectivity index (χ1) is 27.5. The van der Waals surface area contributed by atoms with Crippen LogP contribution in [-0.4, -0.2) is 45.9 Å². The van der Waals surface area contributed by atoms with Crippen LogP contribution >= 0.6 is 0 Å². The van der Waals surface area contributed by atoms with Crippen molar-refractivity contribution in [2.24, 2.45) is 0 Å². The topological polar surface area (TPSA) is 136 Å². The molecule has 0 aliphatic heterocycles. The molecule has 0 fully saturated rings. The highest BCUT2D eigenvalue weighted by atomic mass is 32.2. The average molecular weight is 812 g/mol. The Morgan fingerprint density at radius 3 is 1.47 bits per heavy atom. The Balaban J connectivity index is 1.37. The third-order valence-electron chi connectivity index (χ3n) is 9.75. The zero-order chi connectivity index (χ0) is 41.5. The molecule has 0 spiro atoms. The van der Waals surface area contributed by atoms with Crippen LogP contribution in [0, 0.1) is 27.7 Å². The maximum Gasteiger partial charge on any atom is 0.229 e. The van der Waals surface area contributed by atoms with Gasteiger partial charge < -0.3 is 10.0 Å². The number of anilines is 4. The first-order valence-corrected chi connectivity index (χ1v) is 22.2. The van der Waals surface area contributed by atoms with Crippen LogP contribution in [0.1, 0.15) is 27.8 Å². The zero-order valence-corrected chi connectivity index (χ0v) is 34.5. The zero-order valence-electron chi connectivity index (χ0n) is 32.9. The van der Waals surface area contributed by atoms with Crippen LogP contribution in [-0.2, 0) is 24.8 Å². The molecule has 294 valence electrons. The molecule has 0 heterocycles. The summed E-state index contributed by atoms with van der Waals surface area (Å²) in [4.78, 5) is 16.2. The van der Waals surface area contributed by atoms with Gasteiger partial charge in [-0.25, -0.2) is 16.8 Å². The highest BCUT2D eigenvalue weighted by Gasteiger charge is 2.40. The van der Waals surface area contributed by atoms with Crippen molar-refractivity contribution in [1.29, 1.82) is 0 Å². The number of rotatable bonds is 10. The Labute approximate surface area is 339 Å². The smallest absolute Gasteiger partial charge is 0.229 e. The van der Waals surface area contributed by atoms with E-state index in [0.717, 1.165) is 57.5 Å². The van der Waals surface area contributed by atoms with Gasteiger partial charge in [-0.05, 0) is 76.2 Å². The standard InChI is InChI=1S/C46H42N4O6S2/c1-29-7-15-33(16-8-29)49(34-17-9-30(2)10-18-34)37-23-25-39(41(27-37)47-57(5,53)54)43-45(51)44(46(43)52)40-26-24-38(28-42(40)48-58(6,55)56)50(35-19-11-31(3)12-20-35)36-21-13-32(4)14-22-36/h7-28H,1-6H3,(H2,47,48,51,52)/p+1. The molecule has 7 rings (SSSR count). The van der Waals surface area contributed by atoms with Gasteiger partial charge in [-0.15, -0.1) is 0 Å². The Morgan fingerprint density at radius 1 is 0.569 bits per heavy atom. The Bertz CT molecular complexity index is 2760. The number of Topliss-reactive ketones (excluding diaryl/α,β-unsaturated/α-hetero) is 1. The summed E-state index contributed by atoms with van der Waals surface area (Å²) < 4.78 is 58.1. The fraction of sp³-hybridized carbons (Fsp3) is 0.130. The third-order valence-corrected chi connectivity index (χ3v) is 10.9. The second-order valence-electron chi connectivity index (χ2n) is 14.6. The molecule has 12 heteroatoms. The van der Waals surface area contributed by atoms with Gasteiger partial charge in [0.1, 0.15) is 5.76 Å². The lowest BCUT2D eigenvalue weighted by atomic mass is 9.79. The molecule has 0 radical (unpaired) electrons. The number of hydrogen-bond donors (Lipinski definition) is 3. The summed E-state index contributed by atoms with van der Waals surface area (Å²) in [6, 6.07) is 36.5. The summed E-state index contributed by atoms with van der Waals surface area (Å²) in [5.41, 5.74) is 9.01. The van der Waals surface area contributed by atoms with Crippen molar-refractivity contribution in [1.82, 2.24) is 9.30 Å². The van der Waals surface area contributed by atoms with Crippen molar-refractivity contribution < 1.29 is 26.7 Å². The van der Waals surface area contributed by atoms with Gasteiger partial charge in [0.05, 0.1) is 35.0 Å². The summed E-state index contributed by atoms with van der Waals surface area (Å²) in [6.07, 6.45) is 6.99. The van der Waals surface area contributed by atoms with Gasteiger partial charge in [0, 0.05) is 64.6 Å². The van der Waals surface area contributed by atoms with Crippen LogP contribution in [0.2, 0.25) is 0 Å². The van der Waals surface area contributed by atoms with Gasteiger partial charge >= 0.3 is 0 Å². The van der Waals surface area contributed by atoms with Crippen LogP contribution in [0.5, 0.6) is 0 Å². The summed E-state index contributed by atoms with van der Waals surface area (Å²) in [5, 5.41) is 11.7. The monoisotopic (exact) mass is 811 g/mol. The van der Waals surface area contributed by atoms with Gasteiger partial charge in [0.2, 0.25) is 42.9 Å². The molecule has 0 unspecified atom stereocenters. The van der Waals surface area contributed by atoms with E-state index in [1.165, 1.54) is 0 Å². The van der Waals surface area contributed by atoms with Gasteiger partial charge in [0.15, 0.2) is 0 Å². The van der Waals surface area contributed by atoms with E-state index in [1.54, 1.807) is 36.4 Å². The predicted octanol–water partition coefficient (Wildman–Crippen LogP) is 8.89. The second-order valence-corrected chi connectivity index (χ2v) is 18.1. The van der Waals surface area contributed by atoms with Crippen molar-refractivity contribution in [3.63, 3.8) is 0 Å². The Hall–Kier alpha value is -6.50. The molecule has 0 saturated carbocycles. The summed E-state index contributed by atoms with van der Waals surface area (Å²) in [6.45, 7) is 7.96. The molecule has 2 aliphatic carbocycles. The summed E-state index contributed by atoms with van der Waals surface area (Å²) >= 11 is 0. The number of nitrogens with zero attached hydrogens (tertiary/aromatic N) is 2. The quantitative estimate of drug-likeness (QED) is 0.0947. The van der Waals surface area contributed by atoms with Gasteiger partial charge in [-0.2, -0.15) is 4.58 Å². The first-order valence-electron chi connectivity index (χ1n) is 18.4. The van der Waals surface area contributed by atoms with Crippen LogP contribution < -0.4 is 18.9 Å². The molecule has 0 saturated heterocycles. The van der Waals surface area contributed by atoms with Gasteiger partial charge in [0.25, 0.3) is 0 Å². The molecule has 3 N–H and O–H groups in total. The van der Waals surface area contributed by atoms with E-state index in [1.807, 2.05) is 134 Å². The SMILES string of the molecule is Cc1ccc(N(c2ccc(C)cc2)c2ccc(C3=C(O)/C(=C4/C=CC(=[N+](c5ccc(C)cc5)c5ccc(C)cc5)C=C4NS(C)(=O)=O)C3=O)c(NS(C)(=O)=O)c2)cc1. The van der Waals surface area contributed by atoms with E-state index >= 15 is 0 Å². The van der Waals surface area contributed by atoms with Crippen LogP contribution in [0.4, 0.5) is 34.1 Å². The fourth-order valence-corrected chi connectivity index (χ4v) is 8.06. The van der Waals surface area contributed by atoms with Crippen molar-refractivity contribution in [3.8, 4) is 0 Å². The average Bonchev–Trinajstić information content (AvgIpc) is 3.15. The number of benzene rings is 5. The molecule has 0 amide bonds. The second kappa shape index (κ2) is 15.4. The molecule has 0 aromatic heterocycles. The molecule has 5 aromatic rings. The lowest BCUT2D eigenvalue weighted by molar-refractivity contribution is -0.111. The lowest BCUT2D eigenvalue weighted by Gasteiger charge is -2.29. The number of carbonyl (C=O) groups is 1. The Morgan fingerprint density at radius 2 is 1.02 bits per heavy atom. The predicted molar refractivity (Wildman–Crippen MR) is 235 cm³/mol. The van der Waals surface area contributed by atoms with E-state index in [4.69, 9.17) is 0 Å². The molecular formula is C46H43N4O6S2+. The van der Waals surface area contributed by atoms with Crippen molar-refractivity contribution in [3.05, 3.63) is 184 Å². The van der Waals surface area contributed by atoms with Crippen molar-refractivity contribution in [2.45, 2.75) is 27.7 Å². The van der Waals surface area contributed by atoms with E-state index in [0.29, 0.717) is 11.4 Å². The third kappa shape index (κ3) is 8.43. The van der Waals surface area contributed by atoms with Crippen LogP contribution in [0.25, 0.3) is 5.57 Å². The number of allylic oxidation sites excluding steroid dienone is 5. The van der Waals surface area contributed by atoms with Gasteiger partial charge in [-0.1, -0.05) is 70.8 Å². The number of sulfonamides is 2. The number of aliphatic hydroxyl groups excluding tert-OH is 1. The molecule has 2 aliphatic rings. The van der Waals surface area contributed by atoms with Crippen LogP contribution in [0.3, 0.4) is 0 Å². The van der Waals surface area contributed by atoms with Crippen molar-refractivity contribution >= 4 is 71.2 Å². The minimum absolute atomic E-state index is 0.0786. The van der Waals surface area contributed by atoms with E-state index in [2.05, 4.69) is 9.44 Å². The first kappa shape index (κ1) is 39.7. The summed E-state index contributed by atoms with van der Waals surface area (Å²) in [7, 11) is -7.73. The van der Waals surface area contributed by atoms with Crippen LogP contribution in [0.15, 0.2) is 156 Å².